The summed E-state index contributed by atoms with van der Waals surface area (Å²) in [4.78, 5) is 42.1. The highest BCUT2D eigenvalue weighted by molar-refractivity contribution is 9.09. The fraction of sp³-hybridized carbons (Fsp3) is 0.757. The first kappa shape index (κ1) is 31.5. The van der Waals surface area contributed by atoms with Crippen molar-refractivity contribution < 1.29 is 9.53 Å². The number of carbonyl (C=O) groups is 1. The smallest absolute Gasteiger partial charge is 0.352 e. The molecule has 7 nitrogen and oxygen atoms in total. The SMILES string of the molecule is CC(C)CCC[C@@H](C)C1CC[C@H]2C34CCC5(C[C@@H](OC(=O)CBr)CC[C@]5(C)[C@H]3CC[C@]12C)n1c(=O)n(-c2ccccc2)c(=O)n14. The topological polar surface area (TPSA) is 75.2 Å². The van der Waals surface area contributed by atoms with E-state index in [9.17, 15) is 14.4 Å². The summed E-state index contributed by atoms with van der Waals surface area (Å²) < 4.78 is 11.4. The maximum Gasteiger partial charge on any atom is 0.352 e. The largest absolute Gasteiger partial charge is 0.462 e. The lowest BCUT2D eigenvalue weighted by Crippen LogP contribution is -2.78. The number of aromatic nitrogens is 3. The minimum Gasteiger partial charge on any atom is -0.462 e. The van der Waals surface area contributed by atoms with Crippen LogP contribution in [0.4, 0.5) is 0 Å². The minimum absolute atomic E-state index is 0.138. The molecule has 4 fully saturated rings. The monoisotopic (exact) mass is 681 g/mol. The number of para-hydroxylation sites is 1. The predicted octanol–water partition coefficient (Wildman–Crippen LogP) is 7.40. The van der Waals surface area contributed by atoms with Crippen LogP contribution in [0.25, 0.3) is 5.69 Å². The van der Waals surface area contributed by atoms with Gasteiger partial charge in [0.05, 0.1) is 16.8 Å². The molecule has 8 rings (SSSR count). The lowest BCUT2D eigenvalue weighted by molar-refractivity contribution is -0.260. The van der Waals surface area contributed by atoms with Crippen molar-refractivity contribution in [2.45, 2.75) is 129 Å². The van der Waals surface area contributed by atoms with E-state index in [1.165, 1.54) is 36.7 Å². The molecule has 1 aromatic heterocycles. The van der Waals surface area contributed by atoms with Gasteiger partial charge in [-0.2, -0.15) is 0 Å². The second kappa shape index (κ2) is 11.0. The zero-order valence-electron chi connectivity index (χ0n) is 27.9. The van der Waals surface area contributed by atoms with Gasteiger partial charge >= 0.3 is 17.3 Å². The Kier molecular flexibility index (Phi) is 7.69. The predicted molar refractivity (Wildman–Crippen MR) is 180 cm³/mol. The first-order chi connectivity index (χ1) is 21.4. The number of ether oxygens (including phenoxy) is 1. The third kappa shape index (κ3) is 4.21. The summed E-state index contributed by atoms with van der Waals surface area (Å²) in [5, 5.41) is 0.159. The van der Waals surface area contributed by atoms with Gasteiger partial charge in [0.15, 0.2) is 0 Å². The molecule has 9 atom stereocenters. The molecule has 2 aliphatic heterocycles. The molecule has 2 aromatic rings. The molecule has 0 amide bonds. The molecule has 0 saturated heterocycles. The molecule has 1 aromatic carbocycles. The van der Waals surface area contributed by atoms with Crippen LogP contribution in [0.3, 0.4) is 0 Å². The van der Waals surface area contributed by atoms with Gasteiger partial charge in [0.2, 0.25) is 0 Å². The second-order valence-electron chi connectivity index (χ2n) is 16.4. The fourth-order valence-corrected chi connectivity index (χ4v) is 12.6. The first-order valence-electron chi connectivity index (χ1n) is 17.7. The molecule has 6 aliphatic rings. The molecule has 246 valence electrons. The number of esters is 1. The van der Waals surface area contributed by atoms with Gasteiger partial charge in [-0.05, 0) is 104 Å². The molecule has 4 aliphatic carbocycles. The van der Waals surface area contributed by atoms with Crippen molar-refractivity contribution in [3.8, 4) is 5.69 Å². The van der Waals surface area contributed by atoms with Crippen LogP contribution in [0.15, 0.2) is 39.9 Å². The van der Waals surface area contributed by atoms with Gasteiger partial charge in [-0.1, -0.05) is 88.0 Å². The summed E-state index contributed by atoms with van der Waals surface area (Å²) in [7, 11) is 0. The molecule has 8 heteroatoms. The Hall–Kier alpha value is -2.09. The van der Waals surface area contributed by atoms with E-state index >= 15 is 0 Å². The molecule has 3 heterocycles. The van der Waals surface area contributed by atoms with Gasteiger partial charge in [-0.3, -0.25) is 4.79 Å². The number of carbonyl (C=O) groups excluding carboxylic acids is 1. The highest BCUT2D eigenvalue weighted by Gasteiger charge is 2.76. The highest BCUT2D eigenvalue weighted by Crippen LogP contribution is 2.76. The maximum absolute atomic E-state index is 14.9. The van der Waals surface area contributed by atoms with Crippen LogP contribution in [-0.4, -0.2) is 31.3 Å². The molecule has 2 spiro atoms. The number of hydrogen-bond donors (Lipinski definition) is 0. The molecular formula is C37H52BrN3O4. The number of hydrogen-bond acceptors (Lipinski definition) is 4. The number of halogens is 1. The summed E-state index contributed by atoms with van der Waals surface area (Å²) in [5.41, 5.74) is -0.761. The van der Waals surface area contributed by atoms with Crippen molar-refractivity contribution >= 4 is 21.9 Å². The average molecular weight is 683 g/mol. The van der Waals surface area contributed by atoms with E-state index in [1.54, 1.807) is 0 Å². The van der Waals surface area contributed by atoms with Gasteiger partial charge in [0.25, 0.3) is 0 Å². The molecular weight excluding hydrogens is 630 g/mol. The van der Waals surface area contributed by atoms with Crippen molar-refractivity contribution in [3.63, 3.8) is 0 Å². The minimum atomic E-state index is -0.568. The third-order valence-electron chi connectivity index (χ3n) is 14.2. The zero-order chi connectivity index (χ0) is 31.9. The van der Waals surface area contributed by atoms with Gasteiger partial charge in [-0.25, -0.2) is 23.5 Å². The summed E-state index contributed by atoms with van der Waals surface area (Å²) in [6.07, 6.45) is 12.2. The second-order valence-corrected chi connectivity index (χ2v) is 17.0. The molecule has 0 radical (unpaired) electrons. The van der Waals surface area contributed by atoms with E-state index in [4.69, 9.17) is 4.74 Å². The van der Waals surface area contributed by atoms with Gasteiger partial charge < -0.3 is 4.74 Å². The average Bonchev–Trinajstić information content (AvgIpc) is 3.52. The van der Waals surface area contributed by atoms with Gasteiger partial charge in [0.1, 0.15) is 11.4 Å². The Morgan fingerprint density at radius 2 is 1.64 bits per heavy atom. The third-order valence-corrected chi connectivity index (χ3v) is 14.7. The number of nitrogens with zero attached hydrogens (tertiary/aromatic N) is 3. The molecule has 0 N–H and O–H groups in total. The fourth-order valence-electron chi connectivity index (χ4n) is 12.4. The lowest BCUT2D eigenvalue weighted by atomic mass is 9.38. The Morgan fingerprint density at radius 3 is 2.36 bits per heavy atom. The van der Waals surface area contributed by atoms with E-state index in [0.717, 1.165) is 44.4 Å². The Morgan fingerprint density at radius 1 is 0.911 bits per heavy atom. The standard InChI is InChI=1S/C37H52BrN3O4/c1-24(2)10-9-11-25(3)28-14-15-29-34(28,4)18-17-30-35(5)19-16-27(45-31(42)23-38)22-36(35)20-21-37(29,30)41-33(44)39(32(43)40(36)41)26-12-7-6-8-13-26/h6-8,12-13,24-25,27-30H,9-11,14-23H2,1-5H3/t25-,27+,28?,29-,30-,34-,35-,36?,37?/m1/s1. The molecule has 2 bridgehead atoms. The van der Waals surface area contributed by atoms with E-state index in [2.05, 4.69) is 50.5 Å². The van der Waals surface area contributed by atoms with Crippen LogP contribution in [-0.2, 0) is 20.6 Å². The number of fused-ring (bicyclic) bond motifs is 2. The Bertz CT molecular complexity index is 1580. The van der Waals surface area contributed by atoms with Crippen molar-refractivity contribution in [1.29, 1.82) is 0 Å². The van der Waals surface area contributed by atoms with Crippen molar-refractivity contribution in [2.75, 3.05) is 5.33 Å². The number of rotatable bonds is 8. The van der Waals surface area contributed by atoms with E-state index in [1.807, 2.05) is 39.7 Å². The highest BCUT2D eigenvalue weighted by atomic mass is 79.9. The van der Waals surface area contributed by atoms with Crippen LogP contribution in [0.5, 0.6) is 0 Å². The zero-order valence-corrected chi connectivity index (χ0v) is 29.5. The molecule has 3 unspecified atom stereocenters. The normalized spacial score (nSPS) is 38.7. The summed E-state index contributed by atoms with van der Waals surface area (Å²) in [6.45, 7) is 12.1. The molecule has 45 heavy (non-hydrogen) atoms. The lowest BCUT2D eigenvalue weighted by Gasteiger charge is -2.74. The van der Waals surface area contributed by atoms with Crippen molar-refractivity contribution in [1.82, 2.24) is 13.9 Å². The van der Waals surface area contributed by atoms with E-state index in [0.29, 0.717) is 35.8 Å². The van der Waals surface area contributed by atoms with Crippen LogP contribution >= 0.6 is 15.9 Å². The summed E-state index contributed by atoms with van der Waals surface area (Å²) >= 11 is 3.27. The number of alkyl halides is 1. The van der Waals surface area contributed by atoms with Crippen LogP contribution in [0, 0.1) is 40.4 Å². The summed E-state index contributed by atoms with van der Waals surface area (Å²) in [6, 6.07) is 9.47. The maximum atomic E-state index is 14.9. The van der Waals surface area contributed by atoms with Gasteiger partial charge in [0, 0.05) is 6.42 Å². The van der Waals surface area contributed by atoms with Gasteiger partial charge in [-0.15, -0.1) is 0 Å². The van der Waals surface area contributed by atoms with Crippen LogP contribution in [0.1, 0.15) is 112 Å². The van der Waals surface area contributed by atoms with E-state index < -0.39 is 5.54 Å². The van der Waals surface area contributed by atoms with Crippen molar-refractivity contribution in [2.24, 2.45) is 40.4 Å². The first-order valence-corrected chi connectivity index (χ1v) is 18.9. The molecule has 4 saturated carbocycles. The number of benzene rings is 1. The quantitative estimate of drug-likeness (QED) is 0.215. The van der Waals surface area contributed by atoms with Crippen LogP contribution in [0.2, 0.25) is 0 Å². The van der Waals surface area contributed by atoms with E-state index in [-0.39, 0.29) is 45.2 Å². The summed E-state index contributed by atoms with van der Waals surface area (Å²) in [5.74, 6) is 2.43. The van der Waals surface area contributed by atoms with Crippen molar-refractivity contribution in [3.05, 3.63) is 51.3 Å². The van der Waals surface area contributed by atoms with Crippen LogP contribution < -0.4 is 11.4 Å². The Labute approximate surface area is 276 Å². The Balaban J connectivity index is 1.39.